The lowest BCUT2D eigenvalue weighted by molar-refractivity contribution is 0.0965. The minimum Gasteiger partial charge on any atom is -0.497 e. The first kappa shape index (κ1) is 25.5. The quantitative estimate of drug-likeness (QED) is 0.306. The van der Waals surface area contributed by atoms with Crippen LogP contribution in [0, 0.1) is 12.3 Å². The van der Waals surface area contributed by atoms with Crippen molar-refractivity contribution < 1.29 is 33.7 Å². The fourth-order valence-corrected chi connectivity index (χ4v) is 3.91. The van der Waals surface area contributed by atoms with Gasteiger partial charge in [-0.25, -0.2) is 4.68 Å². The van der Waals surface area contributed by atoms with E-state index in [0.29, 0.717) is 5.56 Å². The van der Waals surface area contributed by atoms with E-state index in [1.54, 1.807) is 13.0 Å². The molecule has 0 aliphatic rings. The van der Waals surface area contributed by atoms with Crippen LogP contribution in [0.15, 0.2) is 29.2 Å². The molecule has 3 aromatic rings. The zero-order chi connectivity index (χ0) is 25.5. The maximum atomic E-state index is 13.3. The molecule has 0 radical (unpaired) electrons. The number of nitrogens with zero attached hydrogens (tertiary/aromatic N) is 4. The first-order chi connectivity index (χ1) is 15.6. The molecule has 1 N–H and O–H groups in total. The second-order valence-corrected chi connectivity index (χ2v) is 10.1. The average molecular weight is 510 g/mol. The van der Waals surface area contributed by atoms with E-state index in [1.807, 2.05) is 13.8 Å². The number of ketones is 1. The summed E-state index contributed by atoms with van der Waals surface area (Å²) in [6, 6.07) is 2.76. The van der Waals surface area contributed by atoms with Crippen molar-refractivity contribution in [2.45, 2.75) is 51.2 Å². The SMILES string of the molecule is CCC(CC)Oc1cc(C)c2nn(CC(=O)c3cc(OC)cc(S(F)(F)(F)(F)F)c3)c(=N)n2n1. The number of carbonyl (C=O) groups is 1. The Morgan fingerprint density at radius 3 is 2.29 bits per heavy atom. The number of fused-ring (bicyclic) bond motifs is 1. The first-order valence-electron chi connectivity index (χ1n) is 10.2. The Morgan fingerprint density at radius 1 is 1.09 bits per heavy atom. The summed E-state index contributed by atoms with van der Waals surface area (Å²) in [6.45, 7) is 4.91. The molecule has 0 saturated carbocycles. The lowest BCUT2D eigenvalue weighted by atomic mass is 10.1. The average Bonchev–Trinajstić information content (AvgIpc) is 3.06. The molecule has 0 saturated heterocycles. The van der Waals surface area contributed by atoms with Gasteiger partial charge in [-0.05, 0) is 31.9 Å². The summed E-state index contributed by atoms with van der Waals surface area (Å²) < 4.78 is 79.1. The number of halogens is 5. The van der Waals surface area contributed by atoms with Crippen molar-refractivity contribution in [2.24, 2.45) is 0 Å². The number of benzene rings is 1. The van der Waals surface area contributed by atoms with Gasteiger partial charge in [0, 0.05) is 23.3 Å². The number of ether oxygens (including phenoxy) is 2. The van der Waals surface area contributed by atoms with Gasteiger partial charge in [-0.15, -0.1) is 10.2 Å². The van der Waals surface area contributed by atoms with Crippen LogP contribution in [0.25, 0.3) is 5.65 Å². The van der Waals surface area contributed by atoms with Crippen molar-refractivity contribution >= 4 is 21.7 Å². The molecule has 1 aromatic carbocycles. The summed E-state index contributed by atoms with van der Waals surface area (Å²) in [5.74, 6) is -1.28. The molecule has 2 aromatic heterocycles. The van der Waals surface area contributed by atoms with Gasteiger partial charge in [0.05, 0.1) is 13.2 Å². The van der Waals surface area contributed by atoms with Crippen LogP contribution in [0.5, 0.6) is 11.6 Å². The number of aromatic nitrogens is 4. The summed E-state index contributed by atoms with van der Waals surface area (Å²) in [7, 11) is -9.07. The van der Waals surface area contributed by atoms with Crippen LogP contribution in [0.4, 0.5) is 19.4 Å². The highest BCUT2D eigenvalue weighted by atomic mass is 32.5. The molecular weight excluding hydrogens is 485 g/mol. The Morgan fingerprint density at radius 2 is 1.74 bits per heavy atom. The van der Waals surface area contributed by atoms with Crippen LogP contribution in [0.3, 0.4) is 0 Å². The molecule has 0 aliphatic carbocycles. The largest absolute Gasteiger partial charge is 0.497 e. The van der Waals surface area contributed by atoms with Gasteiger partial charge in [0.25, 0.3) is 0 Å². The van der Waals surface area contributed by atoms with Crippen molar-refractivity contribution in [2.75, 3.05) is 7.11 Å². The standard InChI is InChI=1S/C20H24F5N5O3S/c1-5-14(6-2)33-18-7-12(3)19-28-29(20(26)30(19)27-18)11-17(31)13-8-15(32-4)10-16(9-13)34(21,22,23,24)25/h7-10,14,26H,5-6,11H2,1-4H3. The molecule has 14 heteroatoms. The molecule has 0 bridgehead atoms. The monoisotopic (exact) mass is 509 g/mol. The van der Waals surface area contributed by atoms with E-state index >= 15 is 0 Å². The van der Waals surface area contributed by atoms with E-state index in [2.05, 4.69) is 14.9 Å². The third-order valence-corrected chi connectivity index (χ3v) is 6.25. The number of methoxy groups -OCH3 is 1. The van der Waals surface area contributed by atoms with Crippen LogP contribution in [0.1, 0.15) is 42.6 Å². The van der Waals surface area contributed by atoms with Crippen molar-refractivity contribution in [3.05, 3.63) is 41.0 Å². The van der Waals surface area contributed by atoms with E-state index in [4.69, 9.17) is 10.1 Å². The Balaban J connectivity index is 2.00. The Bertz CT molecular complexity index is 1320. The molecule has 2 heterocycles. The van der Waals surface area contributed by atoms with Gasteiger partial charge in [-0.1, -0.05) is 33.3 Å². The number of carbonyl (C=O) groups excluding carboxylic acids is 1. The maximum absolute atomic E-state index is 13.3. The smallest absolute Gasteiger partial charge is 0.310 e. The van der Waals surface area contributed by atoms with E-state index in [9.17, 15) is 24.2 Å². The lowest BCUT2D eigenvalue weighted by Gasteiger charge is -2.40. The number of Topliss-reactive ketones (excluding diaryl/α,β-unsaturated/α-hetero) is 1. The molecule has 0 amide bonds. The van der Waals surface area contributed by atoms with Crippen molar-refractivity contribution in [1.82, 2.24) is 19.4 Å². The number of hydrogen-bond acceptors (Lipinski definition) is 6. The third kappa shape index (κ3) is 5.32. The highest BCUT2D eigenvalue weighted by Crippen LogP contribution is 3.02. The number of rotatable bonds is 9. The third-order valence-electron chi connectivity index (χ3n) is 5.13. The van der Waals surface area contributed by atoms with Gasteiger partial charge in [0.1, 0.15) is 17.2 Å². The minimum atomic E-state index is -10.1. The maximum Gasteiger partial charge on any atom is 0.310 e. The minimum absolute atomic E-state index is 0.0808. The molecule has 0 spiro atoms. The molecule has 0 atom stereocenters. The molecular formula is C20H24F5N5O3S. The summed E-state index contributed by atoms with van der Waals surface area (Å²) in [5, 5.41) is 16.6. The first-order valence-corrected chi connectivity index (χ1v) is 12.2. The van der Waals surface area contributed by atoms with Gasteiger partial charge < -0.3 is 9.47 Å². The van der Waals surface area contributed by atoms with Crippen LogP contribution in [-0.4, -0.2) is 38.4 Å². The van der Waals surface area contributed by atoms with Gasteiger partial charge in [0.2, 0.25) is 11.5 Å². The molecule has 0 aliphatic heterocycles. The summed E-state index contributed by atoms with van der Waals surface area (Å²) in [4.78, 5) is 10.5. The number of hydrogen-bond donors (Lipinski definition) is 1. The highest BCUT2D eigenvalue weighted by molar-refractivity contribution is 8.45. The topological polar surface area (TPSA) is 94.5 Å². The normalized spacial score (nSPS) is 14.2. The second-order valence-electron chi connectivity index (χ2n) is 7.73. The van der Waals surface area contributed by atoms with Crippen molar-refractivity contribution in [1.29, 1.82) is 5.41 Å². The van der Waals surface area contributed by atoms with Crippen LogP contribution >= 0.6 is 10.2 Å². The number of nitrogens with one attached hydrogen (secondary N) is 1. The molecule has 8 nitrogen and oxygen atoms in total. The molecule has 188 valence electrons. The van der Waals surface area contributed by atoms with Gasteiger partial charge in [-0.2, -0.15) is 4.52 Å². The summed E-state index contributed by atoms with van der Waals surface area (Å²) in [6.07, 6.45) is 1.39. The molecule has 3 rings (SSSR count). The van der Waals surface area contributed by atoms with Gasteiger partial charge in [-0.3, -0.25) is 10.2 Å². The van der Waals surface area contributed by atoms with Crippen LogP contribution in [0.2, 0.25) is 0 Å². The molecule has 34 heavy (non-hydrogen) atoms. The van der Waals surface area contributed by atoms with Crippen molar-refractivity contribution in [3.8, 4) is 11.6 Å². The van der Waals surface area contributed by atoms with E-state index in [0.717, 1.165) is 35.2 Å². The van der Waals surface area contributed by atoms with Crippen LogP contribution in [-0.2, 0) is 6.54 Å². The Labute approximate surface area is 191 Å². The second kappa shape index (κ2) is 7.96. The summed E-state index contributed by atoms with van der Waals surface area (Å²) in [5.41, 5.74) is -0.195. The van der Waals surface area contributed by atoms with E-state index in [-0.39, 0.29) is 35.4 Å². The van der Waals surface area contributed by atoms with Crippen LogP contribution < -0.4 is 15.1 Å². The molecule has 0 fully saturated rings. The highest BCUT2D eigenvalue weighted by Gasteiger charge is 2.65. The Hall–Kier alpha value is -3.16. The fourth-order valence-electron chi connectivity index (χ4n) is 3.23. The van der Waals surface area contributed by atoms with Crippen molar-refractivity contribution in [3.63, 3.8) is 0 Å². The van der Waals surface area contributed by atoms with E-state index in [1.165, 1.54) is 0 Å². The van der Waals surface area contributed by atoms with Gasteiger partial charge >= 0.3 is 10.2 Å². The zero-order valence-corrected chi connectivity index (χ0v) is 19.6. The predicted octanol–water partition coefficient (Wildman–Crippen LogP) is 5.43. The van der Waals surface area contributed by atoms with E-state index < -0.39 is 38.8 Å². The Kier molecular flexibility index (Phi) is 5.96. The number of aryl methyl sites for hydroxylation is 1. The zero-order valence-electron chi connectivity index (χ0n) is 18.8. The van der Waals surface area contributed by atoms with Gasteiger partial charge in [0.15, 0.2) is 11.4 Å². The fraction of sp³-hybridized carbons (Fsp3) is 0.400. The predicted molar refractivity (Wildman–Crippen MR) is 115 cm³/mol. The molecule has 0 unspecified atom stereocenters. The summed E-state index contributed by atoms with van der Waals surface area (Å²) >= 11 is 0. The lowest BCUT2D eigenvalue weighted by Crippen LogP contribution is -2.26.